The van der Waals surface area contributed by atoms with Crippen LogP contribution in [-0.2, 0) is 10.0 Å². The van der Waals surface area contributed by atoms with E-state index in [1.807, 2.05) is 0 Å². The molecule has 0 spiro atoms. The summed E-state index contributed by atoms with van der Waals surface area (Å²) in [6, 6.07) is -0.380. The molecule has 0 atom stereocenters. The smallest absolute Gasteiger partial charge is 0.390 e. The van der Waals surface area contributed by atoms with E-state index >= 15 is 0 Å². The Kier molecular flexibility index (Phi) is 6.44. The molecule has 1 aliphatic rings. The van der Waals surface area contributed by atoms with Crippen molar-refractivity contribution in [3.05, 3.63) is 12.4 Å². The Bertz CT molecular complexity index is 662. The zero-order valence-corrected chi connectivity index (χ0v) is 14.4. The van der Waals surface area contributed by atoms with Crippen LogP contribution < -0.4 is 14.2 Å². The van der Waals surface area contributed by atoms with Crippen LogP contribution in [0, 0.1) is 0 Å². The van der Waals surface area contributed by atoms with Crippen LogP contribution in [-0.4, -0.2) is 49.6 Å². The molecule has 0 unspecified atom stereocenters. The van der Waals surface area contributed by atoms with Crippen LogP contribution in [0.25, 0.3) is 0 Å². The fourth-order valence-corrected chi connectivity index (χ4v) is 3.88. The zero-order chi connectivity index (χ0) is 18.5. The molecule has 142 valence electrons. The van der Waals surface area contributed by atoms with E-state index in [-0.39, 0.29) is 12.1 Å². The molecule has 1 aromatic heterocycles. The second kappa shape index (κ2) is 8.17. The molecule has 0 amide bonds. The number of hydrogen-bond acceptors (Lipinski definition) is 6. The summed E-state index contributed by atoms with van der Waals surface area (Å²) >= 11 is 0. The van der Waals surface area contributed by atoms with Gasteiger partial charge in [0.05, 0.1) is 31.7 Å². The minimum absolute atomic E-state index is 0.155. The molecule has 0 radical (unpaired) electrons. The first-order valence-corrected chi connectivity index (χ1v) is 9.41. The lowest BCUT2D eigenvalue weighted by Gasteiger charge is -2.29. The van der Waals surface area contributed by atoms with Gasteiger partial charge in [-0.3, -0.25) is 4.98 Å². The lowest BCUT2D eigenvalue weighted by atomic mass is 9.94. The third-order valence-electron chi connectivity index (χ3n) is 3.76. The van der Waals surface area contributed by atoms with Gasteiger partial charge in [0.2, 0.25) is 21.8 Å². The number of nitrogens with one attached hydrogen (secondary N) is 1. The molecule has 2 rings (SSSR count). The Balaban J connectivity index is 1.79. The van der Waals surface area contributed by atoms with Gasteiger partial charge >= 0.3 is 6.18 Å². The molecule has 0 aliphatic heterocycles. The van der Waals surface area contributed by atoms with Crippen molar-refractivity contribution in [3.8, 4) is 11.8 Å². The SMILES string of the molecule is COc1cncc(OC2CCC(NS(=O)(=O)CCC(F)(F)F)CC2)n1. The molecule has 0 saturated heterocycles. The average Bonchev–Trinajstić information content (AvgIpc) is 2.54. The van der Waals surface area contributed by atoms with Crippen molar-refractivity contribution in [2.24, 2.45) is 0 Å². The Morgan fingerprint density at radius 1 is 1.20 bits per heavy atom. The number of ether oxygens (including phenoxy) is 2. The molecule has 25 heavy (non-hydrogen) atoms. The van der Waals surface area contributed by atoms with Crippen molar-refractivity contribution in [2.45, 2.75) is 50.4 Å². The first-order chi connectivity index (χ1) is 11.7. The number of methoxy groups -OCH3 is 1. The van der Waals surface area contributed by atoms with E-state index in [0.29, 0.717) is 37.4 Å². The predicted molar refractivity (Wildman–Crippen MR) is 82.9 cm³/mol. The average molecular weight is 383 g/mol. The van der Waals surface area contributed by atoms with Gasteiger partial charge in [0.25, 0.3) is 0 Å². The second-order valence-corrected chi connectivity index (χ2v) is 7.67. The highest BCUT2D eigenvalue weighted by Crippen LogP contribution is 2.25. The maximum Gasteiger partial charge on any atom is 0.390 e. The molecule has 1 aromatic rings. The first-order valence-electron chi connectivity index (χ1n) is 7.76. The predicted octanol–water partition coefficient (Wildman–Crippen LogP) is 2.05. The summed E-state index contributed by atoms with van der Waals surface area (Å²) in [5.74, 6) is -0.316. The van der Waals surface area contributed by atoms with Gasteiger partial charge in [-0.2, -0.15) is 18.2 Å². The Labute approximate surface area is 144 Å². The highest BCUT2D eigenvalue weighted by Gasteiger charge is 2.32. The minimum Gasteiger partial charge on any atom is -0.480 e. The topological polar surface area (TPSA) is 90.4 Å². The van der Waals surface area contributed by atoms with Crippen molar-refractivity contribution >= 4 is 10.0 Å². The molecule has 1 N–H and O–H groups in total. The van der Waals surface area contributed by atoms with Crippen molar-refractivity contribution < 1.29 is 31.1 Å². The highest BCUT2D eigenvalue weighted by atomic mass is 32.2. The molecule has 0 bridgehead atoms. The molecule has 1 fully saturated rings. The molecular weight excluding hydrogens is 363 g/mol. The molecule has 11 heteroatoms. The number of hydrogen-bond donors (Lipinski definition) is 1. The molecule has 7 nitrogen and oxygen atoms in total. The minimum atomic E-state index is -4.49. The summed E-state index contributed by atoms with van der Waals surface area (Å²) in [7, 11) is -2.49. The number of halogens is 3. The largest absolute Gasteiger partial charge is 0.480 e. The standard InChI is InChI=1S/C14H20F3N3O4S/c1-23-12-8-18-9-13(19-12)24-11-4-2-10(3-5-11)20-25(21,22)7-6-14(15,16)17/h8-11,20H,2-7H2,1H3. The van der Waals surface area contributed by atoms with Crippen LogP contribution in [0.5, 0.6) is 11.8 Å². The van der Waals surface area contributed by atoms with Gasteiger partial charge in [-0.15, -0.1) is 0 Å². The lowest BCUT2D eigenvalue weighted by Crippen LogP contribution is -2.41. The molecule has 0 aromatic carbocycles. The zero-order valence-electron chi connectivity index (χ0n) is 13.6. The van der Waals surface area contributed by atoms with Gasteiger partial charge in [0, 0.05) is 6.04 Å². The summed E-state index contributed by atoms with van der Waals surface area (Å²) in [5, 5.41) is 0. The van der Waals surface area contributed by atoms with Crippen LogP contribution in [0.2, 0.25) is 0 Å². The van der Waals surface area contributed by atoms with E-state index in [1.165, 1.54) is 19.5 Å². The van der Waals surface area contributed by atoms with E-state index in [0.717, 1.165) is 0 Å². The number of sulfonamides is 1. The summed E-state index contributed by atoms with van der Waals surface area (Å²) in [6.07, 6.45) is -1.02. The van der Waals surface area contributed by atoms with Crippen LogP contribution in [0.3, 0.4) is 0 Å². The van der Waals surface area contributed by atoms with Crippen molar-refractivity contribution in [1.82, 2.24) is 14.7 Å². The Hall–Kier alpha value is -1.62. The lowest BCUT2D eigenvalue weighted by molar-refractivity contribution is -0.130. The van der Waals surface area contributed by atoms with Gasteiger partial charge in [-0.1, -0.05) is 0 Å². The third kappa shape index (κ3) is 7.02. The van der Waals surface area contributed by atoms with E-state index < -0.39 is 28.4 Å². The highest BCUT2D eigenvalue weighted by molar-refractivity contribution is 7.89. The van der Waals surface area contributed by atoms with E-state index in [9.17, 15) is 21.6 Å². The maximum atomic E-state index is 12.1. The normalized spacial score (nSPS) is 21.8. The Morgan fingerprint density at radius 2 is 1.84 bits per heavy atom. The van der Waals surface area contributed by atoms with E-state index in [4.69, 9.17) is 9.47 Å². The molecule has 1 saturated carbocycles. The molecule has 1 heterocycles. The monoisotopic (exact) mass is 383 g/mol. The summed E-state index contributed by atoms with van der Waals surface area (Å²) in [5.41, 5.74) is 0. The van der Waals surface area contributed by atoms with Crippen LogP contribution >= 0.6 is 0 Å². The second-order valence-electron chi connectivity index (χ2n) is 5.79. The van der Waals surface area contributed by atoms with Crippen LogP contribution in [0.15, 0.2) is 12.4 Å². The van der Waals surface area contributed by atoms with Crippen molar-refractivity contribution in [3.63, 3.8) is 0 Å². The summed E-state index contributed by atoms with van der Waals surface area (Å²) in [4.78, 5) is 8.01. The van der Waals surface area contributed by atoms with E-state index in [2.05, 4.69) is 14.7 Å². The van der Waals surface area contributed by atoms with Crippen LogP contribution in [0.1, 0.15) is 32.1 Å². The quantitative estimate of drug-likeness (QED) is 0.775. The number of aromatic nitrogens is 2. The number of nitrogens with zero attached hydrogens (tertiary/aromatic N) is 2. The Morgan fingerprint density at radius 3 is 2.44 bits per heavy atom. The molecular formula is C14H20F3N3O4S. The number of rotatable bonds is 7. The summed E-state index contributed by atoms with van der Waals surface area (Å²) < 4.78 is 72.9. The van der Waals surface area contributed by atoms with Crippen LogP contribution in [0.4, 0.5) is 13.2 Å². The van der Waals surface area contributed by atoms with E-state index in [1.54, 1.807) is 0 Å². The maximum absolute atomic E-state index is 12.1. The fourth-order valence-electron chi connectivity index (χ4n) is 2.52. The summed E-state index contributed by atoms with van der Waals surface area (Å²) in [6.45, 7) is 0. The fraction of sp³-hybridized carbons (Fsp3) is 0.714. The van der Waals surface area contributed by atoms with Gasteiger partial charge in [0.15, 0.2) is 0 Å². The third-order valence-corrected chi connectivity index (χ3v) is 5.20. The van der Waals surface area contributed by atoms with Crippen molar-refractivity contribution in [1.29, 1.82) is 0 Å². The van der Waals surface area contributed by atoms with Gasteiger partial charge in [-0.25, -0.2) is 13.1 Å². The van der Waals surface area contributed by atoms with Gasteiger partial charge in [-0.05, 0) is 25.7 Å². The van der Waals surface area contributed by atoms with Gasteiger partial charge < -0.3 is 9.47 Å². The van der Waals surface area contributed by atoms with Gasteiger partial charge in [0.1, 0.15) is 6.10 Å². The molecule has 1 aliphatic carbocycles. The first kappa shape index (κ1) is 19.7. The number of alkyl halides is 3. The van der Waals surface area contributed by atoms with Crippen molar-refractivity contribution in [2.75, 3.05) is 12.9 Å².